The van der Waals surface area contributed by atoms with Gasteiger partial charge in [0, 0.05) is 23.7 Å². The van der Waals surface area contributed by atoms with Crippen molar-refractivity contribution in [2.45, 2.75) is 6.54 Å². The largest absolute Gasteiger partial charge is 0.395 e. The molecule has 14 heavy (non-hydrogen) atoms. The molecular weight excluding hydrogens is 202 g/mol. The smallest absolute Gasteiger partial charge is 0.254 e. The number of halogens is 1. The first-order valence-corrected chi connectivity index (χ1v) is 4.78. The summed E-state index contributed by atoms with van der Waals surface area (Å²) in [7, 11) is 0. The first-order chi connectivity index (χ1) is 6.72. The zero-order chi connectivity index (χ0) is 10.1. The van der Waals surface area contributed by atoms with Crippen LogP contribution in [0.25, 0.3) is 0 Å². The standard InChI is InChI=1S/C10H10ClNO2/c11-8-1-2-9-7(5-8)6-12(3-4-13)10(9)14/h1-2,5,13H,3-4,6H2. The number of hydrogen-bond acceptors (Lipinski definition) is 2. The van der Waals surface area contributed by atoms with Crippen LogP contribution in [0.1, 0.15) is 15.9 Å². The zero-order valence-electron chi connectivity index (χ0n) is 7.53. The predicted molar refractivity (Wildman–Crippen MR) is 53.3 cm³/mol. The Bertz CT molecular complexity index is 378. The monoisotopic (exact) mass is 211 g/mol. The van der Waals surface area contributed by atoms with Crippen LogP contribution in [0, 0.1) is 0 Å². The van der Waals surface area contributed by atoms with Crippen molar-refractivity contribution >= 4 is 17.5 Å². The number of fused-ring (bicyclic) bond motifs is 1. The molecule has 4 heteroatoms. The Morgan fingerprint density at radius 1 is 1.50 bits per heavy atom. The van der Waals surface area contributed by atoms with Crippen LogP contribution in [-0.4, -0.2) is 29.1 Å². The van der Waals surface area contributed by atoms with Crippen molar-refractivity contribution in [1.82, 2.24) is 4.90 Å². The molecule has 2 rings (SSSR count). The van der Waals surface area contributed by atoms with Crippen LogP contribution in [0.15, 0.2) is 18.2 Å². The maximum Gasteiger partial charge on any atom is 0.254 e. The van der Waals surface area contributed by atoms with Gasteiger partial charge in [-0.3, -0.25) is 4.79 Å². The third-order valence-electron chi connectivity index (χ3n) is 2.32. The number of carbonyl (C=O) groups excluding carboxylic acids is 1. The van der Waals surface area contributed by atoms with Gasteiger partial charge in [-0.25, -0.2) is 0 Å². The summed E-state index contributed by atoms with van der Waals surface area (Å²) in [6.45, 7) is 0.924. The van der Waals surface area contributed by atoms with Gasteiger partial charge in [-0.15, -0.1) is 0 Å². The van der Waals surface area contributed by atoms with Crippen molar-refractivity contribution < 1.29 is 9.90 Å². The molecule has 0 atom stereocenters. The Morgan fingerprint density at radius 2 is 2.29 bits per heavy atom. The average molecular weight is 212 g/mol. The minimum absolute atomic E-state index is 0.00649. The van der Waals surface area contributed by atoms with Gasteiger partial charge < -0.3 is 10.0 Å². The summed E-state index contributed by atoms with van der Waals surface area (Å²) in [6.07, 6.45) is 0. The molecule has 74 valence electrons. The summed E-state index contributed by atoms with van der Waals surface area (Å²) in [5.74, 6) is -0.0225. The van der Waals surface area contributed by atoms with Gasteiger partial charge in [0.25, 0.3) is 5.91 Å². The molecule has 1 aromatic carbocycles. The van der Waals surface area contributed by atoms with Crippen molar-refractivity contribution in [2.24, 2.45) is 0 Å². The van der Waals surface area contributed by atoms with E-state index in [1.165, 1.54) is 0 Å². The number of hydrogen-bond donors (Lipinski definition) is 1. The minimum atomic E-state index is -0.0225. The maximum absolute atomic E-state index is 11.7. The van der Waals surface area contributed by atoms with E-state index in [4.69, 9.17) is 16.7 Å². The number of carbonyl (C=O) groups is 1. The van der Waals surface area contributed by atoms with E-state index in [1.807, 2.05) is 0 Å². The molecule has 1 aliphatic heterocycles. The predicted octanol–water partition coefficient (Wildman–Crippen LogP) is 1.29. The lowest BCUT2D eigenvalue weighted by molar-refractivity contribution is 0.0745. The number of benzene rings is 1. The van der Waals surface area contributed by atoms with E-state index in [1.54, 1.807) is 23.1 Å². The molecule has 0 radical (unpaired) electrons. The van der Waals surface area contributed by atoms with Gasteiger partial charge in [0.05, 0.1) is 6.61 Å². The van der Waals surface area contributed by atoms with E-state index >= 15 is 0 Å². The van der Waals surface area contributed by atoms with Crippen LogP contribution in [-0.2, 0) is 6.54 Å². The summed E-state index contributed by atoms with van der Waals surface area (Å²) >= 11 is 5.82. The van der Waals surface area contributed by atoms with Gasteiger partial charge in [-0.2, -0.15) is 0 Å². The summed E-state index contributed by atoms with van der Waals surface area (Å²) in [6, 6.07) is 5.24. The van der Waals surface area contributed by atoms with E-state index in [-0.39, 0.29) is 12.5 Å². The molecule has 1 aliphatic rings. The first-order valence-electron chi connectivity index (χ1n) is 4.41. The van der Waals surface area contributed by atoms with Crippen molar-refractivity contribution in [1.29, 1.82) is 0 Å². The van der Waals surface area contributed by atoms with E-state index in [0.717, 1.165) is 5.56 Å². The molecule has 3 nitrogen and oxygen atoms in total. The van der Waals surface area contributed by atoms with E-state index < -0.39 is 0 Å². The highest BCUT2D eigenvalue weighted by Crippen LogP contribution is 2.25. The summed E-state index contributed by atoms with van der Waals surface area (Å²) in [4.78, 5) is 13.3. The van der Waals surface area contributed by atoms with Crippen molar-refractivity contribution in [3.05, 3.63) is 34.3 Å². The number of aliphatic hydroxyl groups excluding tert-OH is 1. The van der Waals surface area contributed by atoms with Gasteiger partial charge in [-0.1, -0.05) is 11.6 Å². The lowest BCUT2D eigenvalue weighted by atomic mass is 10.1. The summed E-state index contributed by atoms with van der Waals surface area (Å²) in [5, 5.41) is 9.40. The van der Waals surface area contributed by atoms with Gasteiger partial charge in [0.15, 0.2) is 0 Å². The molecule has 0 aromatic heterocycles. The molecular formula is C10H10ClNO2. The van der Waals surface area contributed by atoms with Crippen LogP contribution < -0.4 is 0 Å². The average Bonchev–Trinajstić information content (AvgIpc) is 2.44. The minimum Gasteiger partial charge on any atom is -0.395 e. The normalized spacial score (nSPS) is 14.7. The summed E-state index contributed by atoms with van der Waals surface area (Å²) < 4.78 is 0. The van der Waals surface area contributed by atoms with Crippen LogP contribution in [0.4, 0.5) is 0 Å². The van der Waals surface area contributed by atoms with Crippen LogP contribution >= 0.6 is 11.6 Å². The van der Waals surface area contributed by atoms with Gasteiger partial charge >= 0.3 is 0 Å². The maximum atomic E-state index is 11.7. The lowest BCUT2D eigenvalue weighted by Crippen LogP contribution is -2.26. The molecule has 1 N–H and O–H groups in total. The number of nitrogens with zero attached hydrogens (tertiary/aromatic N) is 1. The Balaban J connectivity index is 2.31. The van der Waals surface area contributed by atoms with E-state index in [0.29, 0.717) is 23.7 Å². The van der Waals surface area contributed by atoms with Crippen molar-refractivity contribution in [3.8, 4) is 0 Å². The first kappa shape index (κ1) is 9.49. The number of rotatable bonds is 2. The fourth-order valence-electron chi connectivity index (χ4n) is 1.65. The van der Waals surface area contributed by atoms with Gasteiger partial charge in [0.1, 0.15) is 0 Å². The molecule has 1 aromatic rings. The second-order valence-corrected chi connectivity index (χ2v) is 3.69. The number of aliphatic hydroxyl groups is 1. The quantitative estimate of drug-likeness (QED) is 0.801. The highest BCUT2D eigenvalue weighted by atomic mass is 35.5. The zero-order valence-corrected chi connectivity index (χ0v) is 8.29. The fourth-order valence-corrected chi connectivity index (χ4v) is 1.85. The lowest BCUT2D eigenvalue weighted by Gasteiger charge is -2.12. The highest BCUT2D eigenvalue weighted by Gasteiger charge is 2.26. The van der Waals surface area contributed by atoms with E-state index in [9.17, 15) is 4.79 Å². The molecule has 0 fully saturated rings. The summed E-state index contributed by atoms with van der Waals surface area (Å²) in [5.41, 5.74) is 1.64. The third kappa shape index (κ3) is 1.49. The van der Waals surface area contributed by atoms with Gasteiger partial charge in [-0.05, 0) is 23.8 Å². The number of amides is 1. The third-order valence-corrected chi connectivity index (χ3v) is 2.55. The van der Waals surface area contributed by atoms with Crippen molar-refractivity contribution in [3.63, 3.8) is 0 Å². The van der Waals surface area contributed by atoms with Crippen LogP contribution in [0.3, 0.4) is 0 Å². The second kappa shape index (κ2) is 3.59. The molecule has 1 amide bonds. The molecule has 0 spiro atoms. The van der Waals surface area contributed by atoms with Crippen LogP contribution in [0.2, 0.25) is 5.02 Å². The molecule has 0 saturated heterocycles. The molecule has 0 bridgehead atoms. The second-order valence-electron chi connectivity index (χ2n) is 3.25. The van der Waals surface area contributed by atoms with E-state index in [2.05, 4.69) is 0 Å². The Hall–Kier alpha value is -1.06. The topological polar surface area (TPSA) is 40.5 Å². The Kier molecular flexibility index (Phi) is 2.44. The highest BCUT2D eigenvalue weighted by molar-refractivity contribution is 6.30. The molecule has 1 heterocycles. The Labute approximate surface area is 86.9 Å². The van der Waals surface area contributed by atoms with Crippen LogP contribution in [0.5, 0.6) is 0 Å². The SMILES string of the molecule is O=C1c2ccc(Cl)cc2CN1CCO. The van der Waals surface area contributed by atoms with Crippen molar-refractivity contribution in [2.75, 3.05) is 13.2 Å². The Morgan fingerprint density at radius 3 is 3.00 bits per heavy atom. The molecule has 0 saturated carbocycles. The number of β-amino-alcohol motifs (C(OH)–C–C–N with tert-alkyl or cyclic N) is 1. The molecule has 0 aliphatic carbocycles. The van der Waals surface area contributed by atoms with Gasteiger partial charge in [0.2, 0.25) is 0 Å². The fraction of sp³-hybridized carbons (Fsp3) is 0.300. The molecule has 0 unspecified atom stereocenters.